The van der Waals surface area contributed by atoms with Gasteiger partial charge in [0.25, 0.3) is 0 Å². The van der Waals surface area contributed by atoms with Crippen molar-refractivity contribution >= 4 is 6.16 Å². The van der Waals surface area contributed by atoms with Gasteiger partial charge in [-0.25, -0.2) is 4.79 Å². The third-order valence-electron chi connectivity index (χ3n) is 0. The summed E-state index contributed by atoms with van der Waals surface area (Å²) in [6.07, 6.45) is -1.83. The maximum absolute atomic E-state index is 8.56. The molecule has 0 aromatic carbocycles. The quantitative estimate of drug-likeness (QED) is 0.294. The van der Waals surface area contributed by atoms with E-state index in [9.17, 15) is 0 Å². The van der Waals surface area contributed by atoms with Gasteiger partial charge in [-0.05, 0) is 0 Å². The molecule has 0 bridgehead atoms. The van der Waals surface area contributed by atoms with Crippen LogP contribution in [0.3, 0.4) is 0 Å². The van der Waals surface area contributed by atoms with Gasteiger partial charge < -0.3 is 13.1 Å². The van der Waals surface area contributed by atoms with E-state index in [1.54, 1.807) is 0 Å². The van der Waals surface area contributed by atoms with Crippen LogP contribution in [0.1, 0.15) is 2.85 Å². The Morgan fingerprint density at radius 3 is 1.50 bits per heavy atom. The van der Waals surface area contributed by atoms with Crippen molar-refractivity contribution in [1.29, 1.82) is 0 Å². The Bertz CT molecular complexity index is 40.3. The van der Waals surface area contributed by atoms with Crippen LogP contribution in [0.2, 0.25) is 0 Å². The number of rotatable bonds is 0. The Kier molecular flexibility index (Phi) is 24.5. The molecule has 0 amide bonds. The van der Waals surface area contributed by atoms with Crippen LogP contribution in [-0.4, -0.2) is 16.4 Å². The third-order valence-corrected chi connectivity index (χ3v) is 0. The normalized spacial score (nSPS) is 4.00. The Labute approximate surface area is 72.2 Å². The van der Waals surface area contributed by atoms with Gasteiger partial charge >= 0.3 is 54.6 Å². The Morgan fingerprint density at radius 2 is 1.50 bits per heavy atom. The van der Waals surface area contributed by atoms with Gasteiger partial charge in [-0.1, -0.05) is 0 Å². The second-order valence-electron chi connectivity index (χ2n) is 0.283. The number of carboxylic acid groups (broad SMARTS) is 2. The van der Waals surface area contributed by atoms with Crippen molar-refractivity contribution in [3.8, 4) is 0 Å². The molecule has 0 saturated heterocycles. The van der Waals surface area contributed by atoms with Gasteiger partial charge in [0.05, 0.1) is 0 Å². The maximum atomic E-state index is 8.56. The first-order valence-corrected chi connectivity index (χ1v) is 0.651. The van der Waals surface area contributed by atoms with Crippen LogP contribution in [0.15, 0.2) is 0 Å². The smallest absolute Gasteiger partial charge is 1.00 e. The summed E-state index contributed by atoms with van der Waals surface area (Å²) in [5.74, 6) is 0. The van der Waals surface area contributed by atoms with Crippen molar-refractivity contribution in [2.24, 2.45) is 0 Å². The van der Waals surface area contributed by atoms with Gasteiger partial charge in [-0.15, -0.1) is 0 Å². The molecule has 6 heavy (non-hydrogen) atoms. The largest absolute Gasteiger partial charge is 1.00 e. The van der Waals surface area contributed by atoms with E-state index in [2.05, 4.69) is 0 Å². The Balaban J connectivity index is -0.00000000750. The molecule has 0 rings (SSSR count). The molecule has 0 fully saturated rings. The average molecular weight is 94.0 g/mol. The first-order valence-electron chi connectivity index (χ1n) is 0.651. The second-order valence-corrected chi connectivity index (χ2v) is 0.283. The van der Waals surface area contributed by atoms with E-state index in [1.807, 2.05) is 0 Å². The number of hydrogen-bond acceptors (Lipinski definition) is 1. The van der Waals surface area contributed by atoms with Crippen molar-refractivity contribution in [3.05, 3.63) is 0 Å². The molecule has 2 N–H and O–H groups in total. The molecule has 5 heteroatoms. The van der Waals surface area contributed by atoms with Crippen LogP contribution in [0.4, 0.5) is 4.79 Å². The molecule has 0 radical (unpaired) electrons. The monoisotopic (exact) mass is 94.0 g/mol. The Morgan fingerprint density at radius 1 is 1.50 bits per heavy atom. The zero-order chi connectivity index (χ0) is 3.58. The molecule has 0 aromatic heterocycles. The van der Waals surface area contributed by atoms with Crippen LogP contribution >= 0.6 is 0 Å². The van der Waals surface area contributed by atoms with Crippen LogP contribution in [0.5, 0.6) is 0 Å². The summed E-state index contributed by atoms with van der Waals surface area (Å²) in [4.78, 5) is 8.56. The summed E-state index contributed by atoms with van der Waals surface area (Å²) in [5.41, 5.74) is 0. The summed E-state index contributed by atoms with van der Waals surface area (Å²) in [7, 11) is 0. The van der Waals surface area contributed by atoms with Gasteiger partial charge in [-0.3, -0.25) is 0 Å². The molecule has 3 nitrogen and oxygen atoms in total. The van der Waals surface area contributed by atoms with E-state index in [-0.39, 0.29) is 51.3 Å². The molecule has 0 unspecified atom stereocenters. The summed E-state index contributed by atoms with van der Waals surface area (Å²) >= 11 is 0. The fourth-order valence-corrected chi connectivity index (χ4v) is 0. The predicted molar refractivity (Wildman–Crippen MR) is 12.9 cm³/mol. The minimum atomic E-state index is -1.83. The molecule has 0 spiro atoms. The summed E-state index contributed by atoms with van der Waals surface area (Å²) < 4.78 is 0. The summed E-state index contributed by atoms with van der Waals surface area (Å²) in [5, 5.41) is 13.9. The van der Waals surface area contributed by atoms with E-state index in [4.69, 9.17) is 15.0 Å². The second kappa shape index (κ2) is 9.29. The van der Waals surface area contributed by atoms with Crippen LogP contribution in [0, 0.1) is 0 Å². The van der Waals surface area contributed by atoms with Gasteiger partial charge in [0.1, 0.15) is 0 Å². The molecule has 0 aromatic rings. The maximum Gasteiger partial charge on any atom is 1.00 e. The molecule has 0 saturated carbocycles. The van der Waals surface area contributed by atoms with Crippen LogP contribution in [0.25, 0.3) is 0 Å². The minimum Gasteiger partial charge on any atom is -1.00 e. The molecular formula is CH4LiNaO3. The topological polar surface area (TPSA) is 57.5 Å². The van der Waals surface area contributed by atoms with Crippen molar-refractivity contribution in [1.82, 2.24) is 0 Å². The van der Waals surface area contributed by atoms with Crippen molar-refractivity contribution in [2.45, 2.75) is 0 Å². The van der Waals surface area contributed by atoms with E-state index >= 15 is 0 Å². The van der Waals surface area contributed by atoms with Gasteiger partial charge in [-0.2, -0.15) is 0 Å². The molecule has 0 aliphatic carbocycles. The average Bonchev–Trinajstić information content (AvgIpc) is 0.811. The summed E-state index contributed by atoms with van der Waals surface area (Å²) in [6.45, 7) is 0. The fourth-order valence-electron chi connectivity index (χ4n) is 0. The molecule has 0 atom stereocenters. The zero-order valence-corrected chi connectivity index (χ0v) is 5.80. The van der Waals surface area contributed by atoms with Crippen LogP contribution < -0.4 is 48.4 Å². The van der Waals surface area contributed by atoms with E-state index in [0.29, 0.717) is 0 Å². The zero-order valence-electron chi connectivity index (χ0n) is 5.80. The van der Waals surface area contributed by atoms with Gasteiger partial charge in [0, 0.05) is 0 Å². The summed E-state index contributed by atoms with van der Waals surface area (Å²) in [6, 6.07) is 0. The van der Waals surface area contributed by atoms with Gasteiger partial charge in [0.15, 0.2) is 0 Å². The first-order chi connectivity index (χ1) is 1.73. The SMILES string of the molecule is O=C(O)O.[H-].[H-].[Li+].[Na+]. The standard InChI is InChI=1S/CH2O3.Li.Na.2H/c2-1(3)4;;;;/h(H2,2,3,4);;;;/q;2*+1;2*-1. The molecule has 0 heterocycles. The molecule has 0 aliphatic heterocycles. The molecule has 0 aliphatic rings. The van der Waals surface area contributed by atoms with Crippen LogP contribution in [-0.2, 0) is 0 Å². The van der Waals surface area contributed by atoms with Crippen molar-refractivity contribution in [2.75, 3.05) is 0 Å². The van der Waals surface area contributed by atoms with E-state index in [1.165, 1.54) is 0 Å². The number of hydrogen-bond donors (Lipinski definition) is 2. The van der Waals surface area contributed by atoms with E-state index in [0.717, 1.165) is 0 Å². The van der Waals surface area contributed by atoms with Crippen molar-refractivity contribution in [3.63, 3.8) is 0 Å². The minimum absolute atomic E-state index is 0. The predicted octanol–water partition coefficient (Wildman–Crippen LogP) is -5.54. The van der Waals surface area contributed by atoms with E-state index < -0.39 is 6.16 Å². The van der Waals surface area contributed by atoms with Gasteiger partial charge in [0.2, 0.25) is 0 Å². The first kappa shape index (κ1) is 15.8. The fraction of sp³-hybridized carbons (Fsp3) is 0. The van der Waals surface area contributed by atoms with Crippen molar-refractivity contribution < 1.29 is 66.3 Å². The number of carbonyl (C=O) groups is 1. The third kappa shape index (κ3) is 96.8. The molecular weight excluding hydrogens is 89.9 g/mol. The molecule has 28 valence electrons. The Hall–Kier alpha value is 0.867.